The number of likely N-dealkylation sites (tertiary alicyclic amines) is 2. The van der Waals surface area contributed by atoms with Crippen LogP contribution in [0.2, 0.25) is 5.54 Å². The molecule has 0 saturated carbocycles. The zero-order chi connectivity index (χ0) is 35.0. The molecule has 2 aliphatic heterocycles. The van der Waals surface area contributed by atoms with E-state index in [-0.39, 0.29) is 35.2 Å². The minimum atomic E-state index is -0.821. The van der Waals surface area contributed by atoms with Gasteiger partial charge < -0.3 is 19.8 Å². The van der Waals surface area contributed by atoms with Crippen LogP contribution in [0.4, 0.5) is 0 Å². The molecule has 11 heteroatoms. The van der Waals surface area contributed by atoms with Crippen LogP contribution >= 0.6 is 12.6 Å². The van der Waals surface area contributed by atoms with Gasteiger partial charge in [0.1, 0.15) is 22.2 Å². The summed E-state index contributed by atoms with van der Waals surface area (Å²) in [6.45, 7) is 13.8. The van der Waals surface area contributed by atoms with E-state index in [4.69, 9.17) is 22.6 Å². The van der Waals surface area contributed by atoms with E-state index in [0.29, 0.717) is 42.0 Å². The molecule has 2 fully saturated rings. The molecule has 2 N–H and O–H groups in total. The molecular weight excluding hydrogens is 647 g/mol. The van der Waals surface area contributed by atoms with Crippen LogP contribution in [-0.2, 0) is 14.5 Å². The van der Waals surface area contributed by atoms with Crippen molar-refractivity contribution in [3.05, 3.63) is 65.5 Å². The lowest BCUT2D eigenvalue weighted by molar-refractivity contribution is -0.138. The first kappa shape index (κ1) is 35.0. The smallest absolute Gasteiger partial charge is 0.226 e. The number of benzene rings is 1. The molecular formula is C38H46N7O2SSi. The fraction of sp³-hybridized carbons (Fsp3) is 0.500. The van der Waals surface area contributed by atoms with Crippen molar-refractivity contribution >= 4 is 45.8 Å². The van der Waals surface area contributed by atoms with Crippen molar-refractivity contribution in [1.82, 2.24) is 34.7 Å². The molecule has 5 atom stereocenters. The van der Waals surface area contributed by atoms with Crippen LogP contribution in [0.5, 0.6) is 0 Å². The first-order valence-electron chi connectivity index (χ1n) is 17.5. The second-order valence-electron chi connectivity index (χ2n) is 14.4. The van der Waals surface area contributed by atoms with Crippen molar-refractivity contribution in [3.8, 4) is 23.1 Å². The van der Waals surface area contributed by atoms with Gasteiger partial charge in [0.25, 0.3) is 0 Å². The highest BCUT2D eigenvalue weighted by Gasteiger charge is 2.46. The summed E-state index contributed by atoms with van der Waals surface area (Å²) in [6.07, 6.45) is 5.32. The number of nitrogens with zero attached hydrogens (tertiary/aromatic N) is 5. The van der Waals surface area contributed by atoms with Gasteiger partial charge in [-0.25, -0.2) is 15.0 Å². The number of thiol groups is 1. The molecule has 5 unspecified atom stereocenters. The average Bonchev–Trinajstić information content (AvgIpc) is 3.91. The molecule has 0 bridgehead atoms. The van der Waals surface area contributed by atoms with E-state index in [1.54, 1.807) is 0 Å². The van der Waals surface area contributed by atoms with Gasteiger partial charge in [0, 0.05) is 40.7 Å². The Bertz CT molecular complexity index is 1890. The zero-order valence-corrected chi connectivity index (χ0v) is 31.1. The number of hydrogen-bond acceptors (Lipinski definition) is 6. The van der Waals surface area contributed by atoms with Gasteiger partial charge >= 0.3 is 0 Å². The molecule has 1 aromatic carbocycles. The van der Waals surface area contributed by atoms with Crippen LogP contribution in [-0.4, -0.2) is 69.9 Å². The van der Waals surface area contributed by atoms with Crippen molar-refractivity contribution in [3.63, 3.8) is 0 Å². The molecule has 2 aliphatic rings. The molecule has 2 amide bonds. The van der Waals surface area contributed by atoms with Gasteiger partial charge in [0.05, 0.1) is 23.4 Å². The number of fused-ring (bicyclic) bond motifs is 1. The van der Waals surface area contributed by atoms with E-state index in [1.807, 2.05) is 66.2 Å². The fourth-order valence-corrected chi connectivity index (χ4v) is 7.46. The quantitative estimate of drug-likeness (QED) is 0.109. The number of carbonyl (C=O) groups is 2. The van der Waals surface area contributed by atoms with Crippen LogP contribution in [0.1, 0.15) is 96.2 Å². The number of rotatable bonds is 8. The van der Waals surface area contributed by atoms with Crippen molar-refractivity contribution in [2.75, 3.05) is 13.1 Å². The summed E-state index contributed by atoms with van der Waals surface area (Å²) in [4.78, 5) is 50.8. The molecule has 5 heterocycles. The third-order valence-corrected chi connectivity index (χ3v) is 12.2. The monoisotopic (exact) mass is 692 g/mol. The number of aromatic nitrogens is 5. The number of pyridine rings is 1. The maximum Gasteiger partial charge on any atom is 0.226 e. The lowest BCUT2D eigenvalue weighted by Crippen LogP contribution is -2.45. The first-order valence-corrected chi connectivity index (χ1v) is 18.5. The van der Waals surface area contributed by atoms with E-state index in [0.717, 1.165) is 54.0 Å². The van der Waals surface area contributed by atoms with Crippen molar-refractivity contribution < 1.29 is 9.59 Å². The van der Waals surface area contributed by atoms with E-state index < -0.39 is 4.87 Å². The molecule has 255 valence electrons. The molecule has 2 saturated heterocycles. The third-order valence-electron chi connectivity index (χ3n) is 10.4. The summed E-state index contributed by atoms with van der Waals surface area (Å²) in [5, 5.41) is 0. The highest BCUT2D eigenvalue weighted by molar-refractivity contribution is 7.81. The summed E-state index contributed by atoms with van der Waals surface area (Å²) >= 11 is 5.05. The van der Waals surface area contributed by atoms with Crippen molar-refractivity contribution in [2.45, 2.75) is 83.7 Å². The van der Waals surface area contributed by atoms with Crippen LogP contribution < -0.4 is 0 Å². The van der Waals surface area contributed by atoms with Crippen LogP contribution in [0, 0.1) is 35.5 Å². The van der Waals surface area contributed by atoms with Gasteiger partial charge in [-0.15, -0.1) is 12.6 Å². The second kappa shape index (κ2) is 14.2. The number of H-pyrrole nitrogens is 2. The zero-order valence-electron chi connectivity index (χ0n) is 29.2. The lowest BCUT2D eigenvalue weighted by Gasteiger charge is -2.36. The van der Waals surface area contributed by atoms with Crippen LogP contribution in [0.25, 0.3) is 22.4 Å². The largest absolute Gasteiger partial charge is 0.340 e. The number of amides is 2. The Hall–Kier alpha value is -3.88. The van der Waals surface area contributed by atoms with Gasteiger partial charge in [0.2, 0.25) is 11.8 Å². The molecule has 0 spiro atoms. The van der Waals surface area contributed by atoms with E-state index >= 15 is 0 Å². The maximum absolute atomic E-state index is 13.6. The van der Waals surface area contributed by atoms with Crippen LogP contribution in [0.15, 0.2) is 42.6 Å². The molecule has 49 heavy (non-hydrogen) atoms. The molecule has 9 nitrogen and oxygen atoms in total. The lowest BCUT2D eigenvalue weighted by atomic mass is 9.96. The van der Waals surface area contributed by atoms with Gasteiger partial charge in [0.15, 0.2) is 5.65 Å². The van der Waals surface area contributed by atoms with E-state index in [2.05, 4.69) is 64.7 Å². The standard InChI is InChI=1S/C38H46N7O2SSi/c1-22(2)24(5)35(46)44-19-7-9-31(44)34-39-21-30(41-34)27-13-10-26(11-14-27)12-15-28-16-17-29-33(40-28)43-37(42-29)38(48)18-8-20-45(38)36(47)25(6)32(49)23(3)4/h10-11,13-14,16-17,21-25,31-32,48H,7-9,18-20H2,1-6H3,(H,39,41)(H,40,42,43). The summed E-state index contributed by atoms with van der Waals surface area (Å²) in [6, 6.07) is 11.8. The van der Waals surface area contributed by atoms with E-state index in [9.17, 15) is 9.59 Å². The second-order valence-corrected chi connectivity index (χ2v) is 15.8. The number of imidazole rings is 2. The van der Waals surface area contributed by atoms with Gasteiger partial charge in [-0.2, -0.15) is 0 Å². The van der Waals surface area contributed by atoms with Gasteiger partial charge in [-0.3, -0.25) is 9.59 Å². The fourth-order valence-electron chi connectivity index (χ4n) is 6.85. The normalized spacial score (nSPS) is 21.3. The van der Waals surface area contributed by atoms with Crippen molar-refractivity contribution in [1.29, 1.82) is 0 Å². The topological polar surface area (TPSA) is 111 Å². The SMILES string of the molecule is CC(C)C(C)C(=O)N1CCCC1c1ncc(-c2ccc(C#Cc3ccc4[nH]c(C5(S)CCCN5C(=O)C(C)C([Si])C(C)C)nc4n3)cc2)[nH]1. The minimum absolute atomic E-state index is 0.0107. The summed E-state index contributed by atoms with van der Waals surface area (Å²) in [5.74, 6) is 8.59. The minimum Gasteiger partial charge on any atom is -0.340 e. The number of aromatic amines is 2. The molecule has 0 aliphatic carbocycles. The predicted molar refractivity (Wildman–Crippen MR) is 197 cm³/mol. The number of nitrogens with one attached hydrogen (secondary N) is 2. The summed E-state index contributed by atoms with van der Waals surface area (Å²) in [5.41, 5.74) is 4.79. The Balaban J connectivity index is 1.15. The molecule has 6 rings (SSSR count). The Morgan fingerprint density at radius 2 is 1.67 bits per heavy atom. The highest BCUT2D eigenvalue weighted by atomic mass is 32.1. The van der Waals surface area contributed by atoms with Crippen molar-refractivity contribution in [2.24, 2.45) is 23.7 Å². The molecule has 3 radical (unpaired) electrons. The van der Waals surface area contributed by atoms with Crippen LogP contribution in [0.3, 0.4) is 0 Å². The number of hydrogen-bond donors (Lipinski definition) is 3. The predicted octanol–water partition coefficient (Wildman–Crippen LogP) is 6.66. The maximum atomic E-state index is 13.6. The Morgan fingerprint density at radius 3 is 2.39 bits per heavy atom. The first-order chi connectivity index (χ1) is 23.4. The molecule has 4 aromatic rings. The highest BCUT2D eigenvalue weighted by Crippen LogP contribution is 2.43. The summed E-state index contributed by atoms with van der Waals surface area (Å²) in [7, 11) is 3.78. The Kier molecular flexibility index (Phi) is 10.1. The third kappa shape index (κ3) is 6.95. The molecule has 3 aromatic heterocycles. The summed E-state index contributed by atoms with van der Waals surface area (Å²) < 4.78 is 0. The van der Waals surface area contributed by atoms with Gasteiger partial charge in [-0.05, 0) is 78.8 Å². The Labute approximate surface area is 298 Å². The van der Waals surface area contributed by atoms with E-state index in [1.165, 1.54) is 0 Å². The number of carbonyl (C=O) groups excluding carboxylic acids is 2. The Morgan fingerprint density at radius 1 is 0.918 bits per heavy atom. The van der Waals surface area contributed by atoms with Gasteiger partial charge in [-0.1, -0.05) is 59.6 Å². The average molecular weight is 693 g/mol.